The minimum atomic E-state index is 0.187. The average Bonchev–Trinajstić information content (AvgIpc) is 2.76. The number of amides is 1. The van der Waals surface area contributed by atoms with Crippen LogP contribution in [0.5, 0.6) is 0 Å². The lowest BCUT2D eigenvalue weighted by molar-refractivity contribution is -0.128. The summed E-state index contributed by atoms with van der Waals surface area (Å²) in [4.78, 5) is 22.2. The van der Waals surface area contributed by atoms with Crippen molar-refractivity contribution in [1.29, 1.82) is 0 Å². The molecule has 3 heterocycles. The van der Waals surface area contributed by atoms with Crippen LogP contribution in [0.1, 0.15) is 70.3 Å². The number of rotatable bonds is 8. The van der Waals surface area contributed by atoms with Crippen molar-refractivity contribution in [3.63, 3.8) is 0 Å². The normalized spacial score (nSPS) is 25.6. The van der Waals surface area contributed by atoms with Gasteiger partial charge in [-0.1, -0.05) is 19.8 Å². The van der Waals surface area contributed by atoms with E-state index < -0.39 is 0 Å². The van der Waals surface area contributed by atoms with Crippen molar-refractivity contribution in [2.75, 3.05) is 32.7 Å². The standard InChI is InChI=1S/C25H40N4O/c1-2-10-25(11-4-12-25)20-27-24(30)22-5-3-15-29(19-22)23-8-16-28(17-9-23)18-21-6-13-26-14-7-21/h6-7,13-14,22-23H,2-5,8-12,15-20H2,1H3,(H,27,30)/t22-/m1/s1. The average molecular weight is 413 g/mol. The molecule has 4 rings (SSSR count). The van der Waals surface area contributed by atoms with Crippen LogP contribution in [0.4, 0.5) is 0 Å². The molecule has 1 aromatic heterocycles. The van der Waals surface area contributed by atoms with Gasteiger partial charge in [0.25, 0.3) is 0 Å². The molecule has 1 amide bonds. The molecule has 1 aliphatic carbocycles. The summed E-state index contributed by atoms with van der Waals surface area (Å²) in [5.41, 5.74) is 1.77. The van der Waals surface area contributed by atoms with Crippen molar-refractivity contribution in [2.24, 2.45) is 11.3 Å². The van der Waals surface area contributed by atoms with Crippen molar-refractivity contribution in [3.8, 4) is 0 Å². The summed E-state index contributed by atoms with van der Waals surface area (Å²) in [6.07, 6.45) is 14.9. The number of nitrogens with zero attached hydrogens (tertiary/aromatic N) is 3. The fourth-order valence-electron chi connectivity index (χ4n) is 5.88. The molecule has 2 saturated heterocycles. The van der Waals surface area contributed by atoms with Crippen LogP contribution in [0, 0.1) is 11.3 Å². The van der Waals surface area contributed by atoms with Crippen LogP contribution in [0.2, 0.25) is 0 Å². The van der Waals surface area contributed by atoms with Gasteiger partial charge in [-0.2, -0.15) is 0 Å². The predicted molar refractivity (Wildman–Crippen MR) is 121 cm³/mol. The molecule has 0 aromatic carbocycles. The summed E-state index contributed by atoms with van der Waals surface area (Å²) in [6, 6.07) is 4.88. The van der Waals surface area contributed by atoms with Gasteiger partial charge in [-0.05, 0) is 87.7 Å². The molecule has 2 aliphatic heterocycles. The smallest absolute Gasteiger partial charge is 0.224 e. The third-order valence-electron chi connectivity index (χ3n) is 7.88. The number of carbonyl (C=O) groups is 1. The van der Waals surface area contributed by atoms with Crippen LogP contribution < -0.4 is 5.32 Å². The number of likely N-dealkylation sites (tertiary alicyclic amines) is 2. The molecule has 1 N–H and O–H groups in total. The van der Waals surface area contributed by atoms with Crippen LogP contribution in [-0.4, -0.2) is 59.5 Å². The van der Waals surface area contributed by atoms with Gasteiger partial charge < -0.3 is 5.32 Å². The molecule has 0 spiro atoms. The van der Waals surface area contributed by atoms with Gasteiger partial charge in [0.1, 0.15) is 0 Å². The largest absolute Gasteiger partial charge is 0.355 e. The third-order valence-corrected chi connectivity index (χ3v) is 7.88. The van der Waals surface area contributed by atoms with Crippen molar-refractivity contribution in [2.45, 2.75) is 77.3 Å². The van der Waals surface area contributed by atoms with E-state index in [4.69, 9.17) is 0 Å². The van der Waals surface area contributed by atoms with E-state index in [9.17, 15) is 4.79 Å². The van der Waals surface area contributed by atoms with Crippen LogP contribution in [0.15, 0.2) is 24.5 Å². The summed E-state index contributed by atoms with van der Waals surface area (Å²) in [5.74, 6) is 0.504. The molecule has 5 nitrogen and oxygen atoms in total. The van der Waals surface area contributed by atoms with Crippen molar-refractivity contribution < 1.29 is 4.79 Å². The Balaban J connectivity index is 1.22. The number of aromatic nitrogens is 1. The minimum Gasteiger partial charge on any atom is -0.355 e. The minimum absolute atomic E-state index is 0.187. The highest BCUT2D eigenvalue weighted by atomic mass is 16.1. The van der Waals surface area contributed by atoms with Crippen molar-refractivity contribution in [3.05, 3.63) is 30.1 Å². The van der Waals surface area contributed by atoms with E-state index in [1.165, 1.54) is 57.1 Å². The zero-order valence-electron chi connectivity index (χ0n) is 18.8. The summed E-state index contributed by atoms with van der Waals surface area (Å²) >= 11 is 0. The Morgan fingerprint density at radius 3 is 2.57 bits per heavy atom. The van der Waals surface area contributed by atoms with Crippen LogP contribution in [0.3, 0.4) is 0 Å². The van der Waals surface area contributed by atoms with Gasteiger partial charge in [-0.15, -0.1) is 0 Å². The van der Waals surface area contributed by atoms with Gasteiger partial charge in [0.15, 0.2) is 0 Å². The first kappa shape index (κ1) is 21.8. The van der Waals surface area contributed by atoms with Gasteiger partial charge >= 0.3 is 0 Å². The summed E-state index contributed by atoms with van der Waals surface area (Å²) < 4.78 is 0. The first-order valence-electron chi connectivity index (χ1n) is 12.3. The topological polar surface area (TPSA) is 48.5 Å². The van der Waals surface area contributed by atoms with Gasteiger partial charge in [-0.3, -0.25) is 19.6 Å². The van der Waals surface area contributed by atoms with Crippen LogP contribution in [0.25, 0.3) is 0 Å². The number of carbonyl (C=O) groups excluding carboxylic acids is 1. The second-order valence-corrected chi connectivity index (χ2v) is 10.0. The molecule has 1 atom stereocenters. The number of hydrogen-bond acceptors (Lipinski definition) is 4. The number of hydrogen-bond donors (Lipinski definition) is 1. The Morgan fingerprint density at radius 1 is 1.13 bits per heavy atom. The van der Waals surface area contributed by atoms with E-state index in [0.717, 1.165) is 45.6 Å². The highest BCUT2D eigenvalue weighted by molar-refractivity contribution is 5.79. The maximum Gasteiger partial charge on any atom is 0.224 e. The Labute approximate surface area is 182 Å². The van der Waals surface area contributed by atoms with Crippen molar-refractivity contribution >= 4 is 5.91 Å². The number of pyridine rings is 1. The second kappa shape index (κ2) is 10.2. The molecule has 30 heavy (non-hydrogen) atoms. The van der Waals surface area contributed by atoms with E-state index >= 15 is 0 Å². The third kappa shape index (κ3) is 5.42. The van der Waals surface area contributed by atoms with E-state index in [1.807, 2.05) is 12.4 Å². The highest BCUT2D eigenvalue weighted by Crippen LogP contribution is 2.44. The Hall–Kier alpha value is -1.46. The molecule has 0 radical (unpaired) electrons. The second-order valence-electron chi connectivity index (χ2n) is 10.0. The highest BCUT2D eigenvalue weighted by Gasteiger charge is 2.37. The first-order chi connectivity index (χ1) is 14.7. The van der Waals surface area contributed by atoms with Crippen LogP contribution in [-0.2, 0) is 11.3 Å². The molecule has 3 fully saturated rings. The Morgan fingerprint density at radius 2 is 1.90 bits per heavy atom. The molecule has 0 bridgehead atoms. The molecule has 166 valence electrons. The van der Waals surface area contributed by atoms with Gasteiger partial charge in [0, 0.05) is 38.1 Å². The molecule has 5 heteroatoms. The van der Waals surface area contributed by atoms with E-state index in [2.05, 4.69) is 39.2 Å². The van der Waals surface area contributed by atoms with E-state index in [-0.39, 0.29) is 5.92 Å². The fraction of sp³-hybridized carbons (Fsp3) is 0.760. The lowest BCUT2D eigenvalue weighted by Crippen LogP contribution is -2.51. The molecule has 1 saturated carbocycles. The molecular weight excluding hydrogens is 372 g/mol. The van der Waals surface area contributed by atoms with Crippen molar-refractivity contribution in [1.82, 2.24) is 20.1 Å². The molecular formula is C25H40N4O. The van der Waals surface area contributed by atoms with E-state index in [0.29, 0.717) is 17.4 Å². The number of nitrogens with one attached hydrogen (secondary N) is 1. The molecule has 1 aromatic rings. The number of piperidine rings is 2. The zero-order chi connectivity index (χ0) is 20.8. The van der Waals surface area contributed by atoms with E-state index in [1.54, 1.807) is 0 Å². The monoisotopic (exact) mass is 412 g/mol. The first-order valence-corrected chi connectivity index (χ1v) is 12.3. The maximum absolute atomic E-state index is 12.9. The van der Waals surface area contributed by atoms with Crippen LogP contribution >= 0.6 is 0 Å². The quantitative estimate of drug-likeness (QED) is 0.705. The fourth-order valence-corrected chi connectivity index (χ4v) is 5.88. The van der Waals surface area contributed by atoms with Gasteiger partial charge in [-0.25, -0.2) is 0 Å². The summed E-state index contributed by atoms with van der Waals surface area (Å²) in [7, 11) is 0. The molecule has 3 aliphatic rings. The maximum atomic E-state index is 12.9. The predicted octanol–water partition coefficient (Wildman–Crippen LogP) is 3.84. The lowest BCUT2D eigenvalue weighted by Gasteiger charge is -2.44. The summed E-state index contributed by atoms with van der Waals surface area (Å²) in [6.45, 7) is 8.63. The Bertz CT molecular complexity index is 667. The van der Waals surface area contributed by atoms with Gasteiger partial charge in [0.2, 0.25) is 5.91 Å². The van der Waals surface area contributed by atoms with Gasteiger partial charge in [0.05, 0.1) is 5.92 Å². The Kier molecular flexibility index (Phi) is 7.42. The SMILES string of the molecule is CCCC1(CNC(=O)[C@@H]2CCCN(C3CCN(Cc4ccncc4)CC3)C2)CCC1. The lowest BCUT2D eigenvalue weighted by atomic mass is 9.66. The zero-order valence-corrected chi connectivity index (χ0v) is 18.8. The molecule has 0 unspecified atom stereocenters. The summed E-state index contributed by atoms with van der Waals surface area (Å²) in [5, 5.41) is 3.36.